The quantitative estimate of drug-likeness (QED) is 0.843. The second kappa shape index (κ2) is 4.72. The van der Waals surface area contributed by atoms with Gasteiger partial charge in [-0.3, -0.25) is 4.79 Å². The first-order valence-corrected chi connectivity index (χ1v) is 6.49. The molecule has 6 heteroatoms. The van der Waals surface area contributed by atoms with Gasteiger partial charge in [0.05, 0.1) is 17.7 Å². The lowest BCUT2D eigenvalue weighted by molar-refractivity contribution is 0.0235. The van der Waals surface area contributed by atoms with Gasteiger partial charge in [-0.25, -0.2) is 4.98 Å². The molecule has 0 bridgehead atoms. The summed E-state index contributed by atoms with van der Waals surface area (Å²) in [6.07, 6.45) is 0.626. The van der Waals surface area contributed by atoms with E-state index in [1.165, 1.54) is 11.3 Å². The SMILES string of the molecule is CN(C)C[C@@]1(O)CCN(C(=O)c2cscn2)C1. The summed E-state index contributed by atoms with van der Waals surface area (Å²) >= 11 is 1.41. The van der Waals surface area contributed by atoms with Crippen LogP contribution in [-0.4, -0.2) is 65.1 Å². The first-order chi connectivity index (χ1) is 8.00. The third-order valence-electron chi connectivity index (χ3n) is 2.88. The lowest BCUT2D eigenvalue weighted by atomic mass is 10.0. The molecule has 17 heavy (non-hydrogen) atoms. The number of likely N-dealkylation sites (tertiary alicyclic amines) is 1. The van der Waals surface area contributed by atoms with Gasteiger partial charge in [0.15, 0.2) is 0 Å². The number of hydrogen-bond donors (Lipinski definition) is 1. The predicted octanol–water partition coefficient (Wildman–Crippen LogP) is 0.282. The molecule has 1 aliphatic heterocycles. The smallest absolute Gasteiger partial charge is 0.273 e. The fraction of sp³-hybridized carbons (Fsp3) is 0.636. The maximum absolute atomic E-state index is 12.0. The molecule has 0 unspecified atom stereocenters. The maximum atomic E-state index is 12.0. The van der Waals surface area contributed by atoms with Crippen LogP contribution in [0, 0.1) is 0 Å². The second-order valence-electron chi connectivity index (χ2n) is 4.81. The molecule has 5 nitrogen and oxygen atoms in total. The molecule has 1 N–H and O–H groups in total. The first kappa shape index (κ1) is 12.5. The molecular formula is C11H17N3O2S. The minimum Gasteiger partial charge on any atom is -0.387 e. The number of nitrogens with zero attached hydrogens (tertiary/aromatic N) is 3. The molecule has 0 aromatic carbocycles. The van der Waals surface area contributed by atoms with E-state index in [0.717, 1.165) is 0 Å². The van der Waals surface area contributed by atoms with Gasteiger partial charge in [-0.15, -0.1) is 11.3 Å². The molecule has 2 heterocycles. The van der Waals surface area contributed by atoms with E-state index in [-0.39, 0.29) is 5.91 Å². The van der Waals surface area contributed by atoms with E-state index in [2.05, 4.69) is 4.98 Å². The van der Waals surface area contributed by atoms with Crippen LogP contribution in [-0.2, 0) is 0 Å². The zero-order valence-corrected chi connectivity index (χ0v) is 10.9. The Kier molecular flexibility index (Phi) is 3.46. The highest BCUT2D eigenvalue weighted by Crippen LogP contribution is 2.23. The molecule has 1 saturated heterocycles. The summed E-state index contributed by atoms with van der Waals surface area (Å²) in [5, 5.41) is 12.1. The number of carbonyl (C=O) groups is 1. The molecule has 0 spiro atoms. The van der Waals surface area contributed by atoms with E-state index in [1.807, 2.05) is 19.0 Å². The molecular weight excluding hydrogens is 238 g/mol. The van der Waals surface area contributed by atoms with Crippen LogP contribution in [0.15, 0.2) is 10.9 Å². The van der Waals surface area contributed by atoms with Crippen molar-refractivity contribution in [1.82, 2.24) is 14.8 Å². The number of rotatable bonds is 3. The van der Waals surface area contributed by atoms with Crippen LogP contribution in [0.4, 0.5) is 0 Å². The number of amides is 1. The normalized spacial score (nSPS) is 24.6. The van der Waals surface area contributed by atoms with E-state index in [4.69, 9.17) is 0 Å². The summed E-state index contributed by atoms with van der Waals surface area (Å²) in [6.45, 7) is 1.57. The topological polar surface area (TPSA) is 56.7 Å². The minimum atomic E-state index is -0.783. The van der Waals surface area contributed by atoms with Crippen LogP contribution in [0.3, 0.4) is 0 Å². The number of hydrogen-bond acceptors (Lipinski definition) is 5. The predicted molar refractivity (Wildman–Crippen MR) is 66.1 cm³/mol. The van der Waals surface area contributed by atoms with E-state index in [9.17, 15) is 9.90 Å². The van der Waals surface area contributed by atoms with Crippen molar-refractivity contribution in [2.24, 2.45) is 0 Å². The molecule has 1 amide bonds. The Morgan fingerprint density at radius 2 is 2.47 bits per heavy atom. The molecule has 1 atom stereocenters. The van der Waals surface area contributed by atoms with Crippen molar-refractivity contribution in [2.75, 3.05) is 33.7 Å². The number of carbonyl (C=O) groups excluding carboxylic acids is 1. The average molecular weight is 255 g/mol. The average Bonchev–Trinajstić information content (AvgIpc) is 2.85. The summed E-state index contributed by atoms with van der Waals surface area (Å²) < 4.78 is 0. The molecule has 2 rings (SSSR count). The zero-order valence-electron chi connectivity index (χ0n) is 10.1. The number of aromatic nitrogens is 1. The molecule has 0 radical (unpaired) electrons. The van der Waals surface area contributed by atoms with Crippen molar-refractivity contribution in [1.29, 1.82) is 0 Å². The summed E-state index contributed by atoms with van der Waals surface area (Å²) in [4.78, 5) is 19.7. The lowest BCUT2D eigenvalue weighted by Crippen LogP contribution is -2.43. The van der Waals surface area contributed by atoms with Crippen molar-refractivity contribution < 1.29 is 9.90 Å². The van der Waals surface area contributed by atoms with Crippen molar-refractivity contribution in [3.05, 3.63) is 16.6 Å². The Hall–Kier alpha value is -0.980. The van der Waals surface area contributed by atoms with E-state index >= 15 is 0 Å². The fourth-order valence-corrected chi connectivity index (χ4v) is 2.75. The highest BCUT2D eigenvalue weighted by molar-refractivity contribution is 7.07. The highest BCUT2D eigenvalue weighted by atomic mass is 32.1. The van der Waals surface area contributed by atoms with Crippen LogP contribution in [0.5, 0.6) is 0 Å². The molecule has 0 aliphatic carbocycles. The van der Waals surface area contributed by atoms with Gasteiger partial charge in [0, 0.05) is 18.5 Å². The third-order valence-corrected chi connectivity index (χ3v) is 3.47. The largest absolute Gasteiger partial charge is 0.387 e. The van der Waals surface area contributed by atoms with Gasteiger partial charge >= 0.3 is 0 Å². The maximum Gasteiger partial charge on any atom is 0.273 e. The summed E-state index contributed by atoms with van der Waals surface area (Å²) in [7, 11) is 3.84. The minimum absolute atomic E-state index is 0.0825. The molecule has 0 saturated carbocycles. The highest BCUT2D eigenvalue weighted by Gasteiger charge is 2.39. The Balaban J connectivity index is 2.00. The van der Waals surface area contributed by atoms with E-state index in [1.54, 1.807) is 15.8 Å². The lowest BCUT2D eigenvalue weighted by Gasteiger charge is -2.26. The zero-order chi connectivity index (χ0) is 12.5. The summed E-state index contributed by atoms with van der Waals surface area (Å²) in [5.41, 5.74) is 1.34. The van der Waals surface area contributed by atoms with Crippen LogP contribution in [0.2, 0.25) is 0 Å². The number of thiazole rings is 1. The van der Waals surface area contributed by atoms with Crippen molar-refractivity contribution in [2.45, 2.75) is 12.0 Å². The number of aliphatic hydroxyl groups is 1. The second-order valence-corrected chi connectivity index (χ2v) is 5.53. The van der Waals surface area contributed by atoms with Gasteiger partial charge in [-0.1, -0.05) is 0 Å². The molecule has 94 valence electrons. The van der Waals surface area contributed by atoms with E-state index < -0.39 is 5.60 Å². The van der Waals surface area contributed by atoms with E-state index in [0.29, 0.717) is 31.7 Å². The first-order valence-electron chi connectivity index (χ1n) is 5.55. The molecule has 1 aliphatic rings. The van der Waals surface area contributed by atoms with Gasteiger partial charge in [-0.2, -0.15) is 0 Å². The molecule has 1 aromatic heterocycles. The van der Waals surface area contributed by atoms with Crippen molar-refractivity contribution in [3.8, 4) is 0 Å². The third kappa shape index (κ3) is 2.83. The standard InChI is InChI=1S/C11H17N3O2S/c1-13(2)6-11(16)3-4-14(7-11)10(15)9-5-17-8-12-9/h5,8,16H,3-4,6-7H2,1-2H3/t11-/m0/s1. The van der Waals surface area contributed by atoms with Crippen LogP contribution in [0.25, 0.3) is 0 Å². The van der Waals surface area contributed by atoms with Crippen LogP contribution in [0.1, 0.15) is 16.9 Å². The molecule has 1 fully saturated rings. The Morgan fingerprint density at radius 1 is 1.71 bits per heavy atom. The number of likely N-dealkylation sites (N-methyl/N-ethyl adjacent to an activating group) is 1. The summed E-state index contributed by atoms with van der Waals surface area (Å²) in [6, 6.07) is 0. The molecule has 1 aromatic rings. The Morgan fingerprint density at radius 3 is 3.06 bits per heavy atom. The Bertz CT molecular complexity index is 393. The fourth-order valence-electron chi connectivity index (χ4n) is 2.23. The van der Waals surface area contributed by atoms with Crippen molar-refractivity contribution >= 4 is 17.2 Å². The van der Waals surface area contributed by atoms with Gasteiger partial charge in [0.2, 0.25) is 0 Å². The van der Waals surface area contributed by atoms with Crippen molar-refractivity contribution in [3.63, 3.8) is 0 Å². The van der Waals surface area contributed by atoms with Gasteiger partial charge in [0.25, 0.3) is 5.91 Å². The van der Waals surface area contributed by atoms with Crippen LogP contribution >= 0.6 is 11.3 Å². The van der Waals surface area contributed by atoms with Gasteiger partial charge in [-0.05, 0) is 20.5 Å². The van der Waals surface area contributed by atoms with Gasteiger partial charge < -0.3 is 14.9 Å². The summed E-state index contributed by atoms with van der Waals surface area (Å²) in [5.74, 6) is -0.0825. The monoisotopic (exact) mass is 255 g/mol. The van der Waals surface area contributed by atoms with Gasteiger partial charge in [0.1, 0.15) is 5.69 Å². The van der Waals surface area contributed by atoms with Crippen LogP contribution < -0.4 is 0 Å². The Labute approximate surface area is 105 Å². The number of β-amino-alcohol motifs (C(OH)–C–C–N with tert-alkyl or cyclic N) is 1.